The van der Waals surface area contributed by atoms with Crippen molar-refractivity contribution in [1.82, 2.24) is 29.1 Å². The number of benzene rings is 6. The maximum Gasteiger partial charge on any atom is 0.154 e. The Kier molecular flexibility index (Phi) is 16.2. The number of nitrogens with zero attached hydrogens (tertiary/aromatic N) is 6. The van der Waals surface area contributed by atoms with Crippen molar-refractivity contribution in [1.29, 1.82) is 0 Å². The molecule has 0 aliphatic carbocycles. The number of hydrogen-bond donors (Lipinski definition) is 4. The highest BCUT2D eigenvalue weighted by molar-refractivity contribution is 6.32. The summed E-state index contributed by atoms with van der Waals surface area (Å²) < 4.78 is 17.0. The second kappa shape index (κ2) is 23.9. The van der Waals surface area contributed by atoms with Crippen LogP contribution in [0.4, 0.5) is 28.6 Å². The highest BCUT2D eigenvalue weighted by Gasteiger charge is 2.17. The number of hydrogen-bond acceptors (Lipinski definition) is 10. The molecule has 5 N–H and O–H groups in total. The fourth-order valence-electron chi connectivity index (χ4n) is 9.95. The number of para-hydroxylation sites is 2. The third-order valence-corrected chi connectivity index (χ3v) is 13.6. The number of pyridine rings is 4. The van der Waals surface area contributed by atoms with Gasteiger partial charge in [0.1, 0.15) is 34.6 Å². The average molecular weight is 1090 g/mol. The molecule has 0 bridgehead atoms. The molecule has 12 aromatic rings. The zero-order valence-corrected chi connectivity index (χ0v) is 48.2. The molecule has 6 heterocycles. The second-order valence-electron chi connectivity index (χ2n) is 21.1. The van der Waals surface area contributed by atoms with Gasteiger partial charge >= 0.3 is 0 Å². The molecule has 0 atom stereocenters. The van der Waals surface area contributed by atoms with E-state index < -0.39 is 0 Å². The van der Waals surface area contributed by atoms with E-state index in [-0.39, 0.29) is 0 Å². The zero-order chi connectivity index (χ0) is 56.9. The van der Waals surface area contributed by atoms with E-state index in [2.05, 4.69) is 181 Å². The molecule has 0 saturated heterocycles. The van der Waals surface area contributed by atoms with Crippen LogP contribution in [0.2, 0.25) is 5.15 Å². The molecule has 0 radical (unpaired) electrons. The lowest BCUT2D eigenvalue weighted by Gasteiger charge is -2.17. The van der Waals surface area contributed by atoms with Gasteiger partial charge in [-0.05, 0) is 201 Å². The smallest absolute Gasteiger partial charge is 0.154 e. The molecule has 12 rings (SSSR count). The lowest BCUT2D eigenvalue weighted by Crippen LogP contribution is -2.12. The molecule has 0 spiro atoms. The molecule has 0 aliphatic rings. The van der Waals surface area contributed by atoms with Crippen LogP contribution >= 0.6 is 11.6 Å². The number of ether oxygens (including phenoxy) is 2. The molecular weight excluding hydrogens is 1020 g/mol. The van der Waals surface area contributed by atoms with Gasteiger partial charge in [0.05, 0.1) is 33.4 Å². The van der Waals surface area contributed by atoms with E-state index in [1.165, 1.54) is 21.7 Å². The second-order valence-corrected chi connectivity index (χ2v) is 21.5. The number of aryl methyl sites for hydroxylation is 6. The average Bonchev–Trinajstić information content (AvgIpc) is 3.42. The van der Waals surface area contributed by atoms with Crippen molar-refractivity contribution >= 4 is 83.8 Å². The van der Waals surface area contributed by atoms with Crippen LogP contribution in [-0.2, 0) is 0 Å². The summed E-state index contributed by atoms with van der Waals surface area (Å²) in [6.45, 7) is 20.5. The van der Waals surface area contributed by atoms with E-state index in [0.29, 0.717) is 22.9 Å². The largest absolute Gasteiger partial charge is 0.457 e. The third-order valence-electron chi connectivity index (χ3n) is 13.3. The van der Waals surface area contributed by atoms with Crippen molar-refractivity contribution in [3.05, 3.63) is 221 Å². The Morgan fingerprint density at radius 2 is 0.926 bits per heavy atom. The Balaban J connectivity index is 0.000000156. The summed E-state index contributed by atoms with van der Waals surface area (Å²) in [5.74, 6) is 5.59. The Bertz CT molecular complexity index is 4220. The normalized spacial score (nSPS) is 11.2. The fraction of sp³-hybridized carbons (Fsp3) is 0.176. The minimum Gasteiger partial charge on any atom is -0.457 e. The van der Waals surface area contributed by atoms with Crippen molar-refractivity contribution in [3.8, 4) is 34.6 Å². The highest BCUT2D eigenvalue weighted by Crippen LogP contribution is 2.38. The van der Waals surface area contributed by atoms with Gasteiger partial charge in [0.15, 0.2) is 11.0 Å². The van der Waals surface area contributed by atoms with Gasteiger partial charge in [-0.3, -0.25) is 9.13 Å². The van der Waals surface area contributed by atoms with E-state index >= 15 is 0 Å². The number of rotatable bonds is 12. The monoisotopic (exact) mass is 1090 g/mol. The van der Waals surface area contributed by atoms with Gasteiger partial charge in [0.25, 0.3) is 0 Å². The SMILES string of the molecule is Cc1cc(N)cc(Oc2ccc3c4ccccc4n(-c4cc(C)ccn4)c3c2)c1.Cc1cc(Nc2nc(C)ccc2NC(C)C)cc(Oc2ccc3c4ccccc4n(-c4cc(C)ccn4)c3c2)c1.Cc1ccc(NC(C)C)c(Cl)n1. The van der Waals surface area contributed by atoms with Gasteiger partial charge in [-0.2, -0.15) is 0 Å². The summed E-state index contributed by atoms with van der Waals surface area (Å²) in [6, 6.07) is 58.1. The standard InChI is InChI=1S/C34H33N5O.C25H21N3O.C9H13ClN2/c1-21(2)36-30-13-10-24(5)37-34(30)38-25-16-23(4)17-27(19-25)40-26-11-12-29-28-8-6-7-9-31(28)39(32(29)20-26)33-18-22(3)14-15-35-33;1-16-9-10-27-25(13-16)28-23-6-4-3-5-21(23)22-8-7-19(15-24(22)28)29-20-12-17(2)11-18(26)14-20;1-6(2)11-8-5-4-7(3)12-9(8)10/h6-21,36H,1-5H3,(H,37,38);3-15H,26H2,1-2H3;4-6,11H,1-3H3. The van der Waals surface area contributed by atoms with Gasteiger partial charge in [0, 0.05) is 93.1 Å². The van der Waals surface area contributed by atoms with Gasteiger partial charge in [-0.15, -0.1) is 0 Å². The van der Waals surface area contributed by atoms with Gasteiger partial charge in [-0.1, -0.05) is 48.0 Å². The van der Waals surface area contributed by atoms with Crippen molar-refractivity contribution in [2.24, 2.45) is 0 Å². The molecule has 81 heavy (non-hydrogen) atoms. The maximum atomic E-state index is 6.47. The van der Waals surface area contributed by atoms with Gasteiger partial charge in [-0.25, -0.2) is 19.9 Å². The van der Waals surface area contributed by atoms with E-state index in [1.54, 1.807) is 0 Å². The Morgan fingerprint density at radius 3 is 1.44 bits per heavy atom. The molecule has 12 nitrogen and oxygen atoms in total. The molecule has 6 aromatic heterocycles. The predicted molar refractivity (Wildman–Crippen MR) is 337 cm³/mol. The number of nitrogens with one attached hydrogen (secondary N) is 3. The van der Waals surface area contributed by atoms with Crippen LogP contribution in [0.1, 0.15) is 61.3 Å². The minimum absolute atomic E-state index is 0.293. The van der Waals surface area contributed by atoms with Crippen LogP contribution in [0.5, 0.6) is 23.0 Å². The number of fused-ring (bicyclic) bond motifs is 6. The van der Waals surface area contributed by atoms with Crippen LogP contribution in [0.25, 0.3) is 55.2 Å². The highest BCUT2D eigenvalue weighted by atomic mass is 35.5. The summed E-state index contributed by atoms with van der Waals surface area (Å²) in [7, 11) is 0. The molecular formula is C68H67ClN10O2. The maximum absolute atomic E-state index is 6.47. The Labute approximate surface area is 478 Å². The van der Waals surface area contributed by atoms with E-state index in [0.717, 1.165) is 113 Å². The first-order valence-corrected chi connectivity index (χ1v) is 27.6. The summed E-state index contributed by atoms with van der Waals surface area (Å²) in [4.78, 5) is 18.2. The Morgan fingerprint density at radius 1 is 0.444 bits per heavy atom. The van der Waals surface area contributed by atoms with Crippen LogP contribution in [0.3, 0.4) is 0 Å². The topological polar surface area (TPSA) is 142 Å². The number of aromatic nitrogens is 6. The van der Waals surface area contributed by atoms with Crippen LogP contribution in [0.15, 0.2) is 182 Å². The quantitative estimate of drug-likeness (QED) is 0.0690. The van der Waals surface area contributed by atoms with Gasteiger partial charge in [0.2, 0.25) is 0 Å². The number of halogens is 1. The lowest BCUT2D eigenvalue weighted by molar-refractivity contribution is 0.483. The minimum atomic E-state index is 0.293. The summed E-state index contributed by atoms with van der Waals surface area (Å²) >= 11 is 5.90. The molecule has 6 aromatic carbocycles. The van der Waals surface area contributed by atoms with E-state index in [1.807, 2.05) is 106 Å². The zero-order valence-electron chi connectivity index (χ0n) is 47.4. The van der Waals surface area contributed by atoms with Crippen molar-refractivity contribution < 1.29 is 9.47 Å². The molecule has 0 fully saturated rings. The van der Waals surface area contributed by atoms with Crippen molar-refractivity contribution in [3.63, 3.8) is 0 Å². The summed E-state index contributed by atoms with van der Waals surface area (Å²) in [6.07, 6.45) is 3.71. The fourth-order valence-corrected chi connectivity index (χ4v) is 10.2. The molecule has 0 unspecified atom stereocenters. The van der Waals surface area contributed by atoms with Crippen LogP contribution < -0.4 is 31.2 Å². The third kappa shape index (κ3) is 12.9. The number of nitrogens with two attached hydrogens (primary N) is 1. The first-order valence-electron chi connectivity index (χ1n) is 27.2. The van der Waals surface area contributed by atoms with E-state index in [4.69, 9.17) is 36.8 Å². The number of anilines is 5. The van der Waals surface area contributed by atoms with E-state index in [9.17, 15) is 0 Å². The summed E-state index contributed by atoms with van der Waals surface area (Å²) in [5.41, 5.74) is 20.2. The van der Waals surface area contributed by atoms with Crippen LogP contribution in [0, 0.1) is 41.5 Å². The first kappa shape index (κ1) is 54.9. The van der Waals surface area contributed by atoms with Gasteiger partial charge < -0.3 is 31.2 Å². The van der Waals surface area contributed by atoms with Crippen molar-refractivity contribution in [2.75, 3.05) is 21.7 Å². The van der Waals surface area contributed by atoms with Crippen LogP contribution in [-0.4, -0.2) is 41.2 Å². The molecule has 0 saturated carbocycles. The molecule has 408 valence electrons. The predicted octanol–water partition coefficient (Wildman–Crippen LogP) is 17.9. The lowest BCUT2D eigenvalue weighted by atomic mass is 10.1. The molecule has 0 aliphatic heterocycles. The summed E-state index contributed by atoms with van der Waals surface area (Å²) in [5, 5.41) is 15.4. The molecule has 0 amide bonds. The van der Waals surface area contributed by atoms with Crippen molar-refractivity contribution in [2.45, 2.75) is 81.3 Å². The molecule has 13 heteroatoms. The number of nitrogen functional groups attached to an aromatic ring is 1. The Hall–Kier alpha value is -9.39. The first-order chi connectivity index (χ1) is 39.0.